The van der Waals surface area contributed by atoms with Gasteiger partial charge in [0.25, 0.3) is 5.91 Å². The van der Waals surface area contributed by atoms with Gasteiger partial charge in [0.15, 0.2) is 11.5 Å². The summed E-state index contributed by atoms with van der Waals surface area (Å²) in [7, 11) is 0. The van der Waals surface area contributed by atoms with Gasteiger partial charge in [-0.15, -0.1) is 0 Å². The minimum Gasteiger partial charge on any atom is -0.490 e. The van der Waals surface area contributed by atoms with Crippen molar-refractivity contribution in [3.05, 3.63) is 59.2 Å². The highest BCUT2D eigenvalue weighted by Crippen LogP contribution is 2.32. The van der Waals surface area contributed by atoms with E-state index in [1.807, 2.05) is 24.3 Å². The number of carbonyl (C=O) groups is 2. The van der Waals surface area contributed by atoms with Gasteiger partial charge >= 0.3 is 5.97 Å². The van der Waals surface area contributed by atoms with Crippen molar-refractivity contribution < 1.29 is 24.2 Å². The molecule has 2 heterocycles. The van der Waals surface area contributed by atoms with Gasteiger partial charge in [-0.25, -0.2) is 4.79 Å². The Labute approximate surface area is 151 Å². The maximum atomic E-state index is 13.1. The molecule has 2 aromatic carbocycles. The fourth-order valence-corrected chi connectivity index (χ4v) is 3.42. The van der Waals surface area contributed by atoms with Crippen molar-refractivity contribution in [3.8, 4) is 11.5 Å². The molecule has 6 nitrogen and oxygen atoms in total. The van der Waals surface area contributed by atoms with Crippen molar-refractivity contribution in [2.75, 3.05) is 13.2 Å². The minimum atomic E-state index is -0.998. The first kappa shape index (κ1) is 16.4. The maximum Gasteiger partial charge on any atom is 0.326 e. The summed E-state index contributed by atoms with van der Waals surface area (Å²) in [6.45, 7) is 1.38. The molecule has 0 spiro atoms. The lowest BCUT2D eigenvalue weighted by Crippen LogP contribution is -2.48. The molecule has 1 N–H and O–H groups in total. The summed E-state index contributed by atoms with van der Waals surface area (Å²) >= 11 is 0. The number of carboxylic acids is 1. The second-order valence-electron chi connectivity index (χ2n) is 6.47. The molecule has 0 saturated carbocycles. The van der Waals surface area contributed by atoms with E-state index in [9.17, 15) is 14.7 Å². The van der Waals surface area contributed by atoms with Crippen LogP contribution in [0.1, 0.15) is 27.9 Å². The fraction of sp³-hybridized carbons (Fsp3) is 0.300. The Hall–Kier alpha value is -3.02. The summed E-state index contributed by atoms with van der Waals surface area (Å²) in [5.74, 6) is -0.180. The molecule has 0 saturated heterocycles. The Bertz CT molecular complexity index is 863. The van der Waals surface area contributed by atoms with Crippen LogP contribution >= 0.6 is 0 Å². The summed E-state index contributed by atoms with van der Waals surface area (Å²) in [6, 6.07) is 11.8. The summed E-state index contributed by atoms with van der Waals surface area (Å²) in [5.41, 5.74) is 2.36. The highest BCUT2D eigenvalue weighted by atomic mass is 16.5. The van der Waals surface area contributed by atoms with Crippen LogP contribution in [0.2, 0.25) is 0 Å². The van der Waals surface area contributed by atoms with E-state index in [4.69, 9.17) is 9.47 Å². The number of hydrogen-bond acceptors (Lipinski definition) is 4. The van der Waals surface area contributed by atoms with Crippen molar-refractivity contribution in [2.45, 2.75) is 25.4 Å². The molecule has 0 aliphatic carbocycles. The van der Waals surface area contributed by atoms with Gasteiger partial charge in [-0.2, -0.15) is 0 Å². The van der Waals surface area contributed by atoms with Crippen LogP contribution < -0.4 is 9.47 Å². The number of aliphatic carboxylic acids is 1. The quantitative estimate of drug-likeness (QED) is 0.898. The average Bonchev–Trinajstić information content (AvgIpc) is 2.91. The van der Waals surface area contributed by atoms with Gasteiger partial charge in [-0.1, -0.05) is 24.3 Å². The van der Waals surface area contributed by atoms with Gasteiger partial charge in [-0.3, -0.25) is 4.79 Å². The van der Waals surface area contributed by atoms with Crippen LogP contribution in [-0.4, -0.2) is 41.1 Å². The highest BCUT2D eigenvalue weighted by molar-refractivity contribution is 5.97. The molecule has 2 aliphatic rings. The molecule has 1 unspecified atom stereocenters. The lowest BCUT2D eigenvalue weighted by Gasteiger charge is -2.34. The first-order valence-corrected chi connectivity index (χ1v) is 8.63. The van der Waals surface area contributed by atoms with Crippen LogP contribution in [0.3, 0.4) is 0 Å². The molecule has 1 atom stereocenters. The second kappa shape index (κ2) is 6.71. The van der Waals surface area contributed by atoms with Gasteiger partial charge in [0.05, 0.1) is 13.2 Å². The number of carboxylic acid groups (broad SMARTS) is 1. The fourth-order valence-electron chi connectivity index (χ4n) is 3.42. The molecule has 2 aromatic rings. The van der Waals surface area contributed by atoms with Crippen molar-refractivity contribution in [1.29, 1.82) is 0 Å². The number of carbonyl (C=O) groups excluding carboxylic acids is 1. The second-order valence-corrected chi connectivity index (χ2v) is 6.47. The topological polar surface area (TPSA) is 76.1 Å². The van der Waals surface area contributed by atoms with E-state index in [2.05, 4.69) is 0 Å². The van der Waals surface area contributed by atoms with E-state index < -0.39 is 12.0 Å². The van der Waals surface area contributed by atoms with E-state index in [1.54, 1.807) is 18.2 Å². The molecule has 2 aliphatic heterocycles. The molecule has 0 fully saturated rings. The third kappa shape index (κ3) is 2.98. The van der Waals surface area contributed by atoms with E-state index >= 15 is 0 Å². The molecule has 26 heavy (non-hydrogen) atoms. The van der Waals surface area contributed by atoms with Gasteiger partial charge in [0.1, 0.15) is 6.04 Å². The first-order valence-electron chi connectivity index (χ1n) is 8.63. The van der Waals surface area contributed by atoms with E-state index in [0.717, 1.165) is 17.5 Å². The number of rotatable bonds is 2. The molecule has 0 radical (unpaired) electrons. The Kier molecular flexibility index (Phi) is 4.24. The van der Waals surface area contributed by atoms with Crippen LogP contribution in [0.4, 0.5) is 0 Å². The van der Waals surface area contributed by atoms with Crippen molar-refractivity contribution in [1.82, 2.24) is 4.90 Å². The lowest BCUT2D eigenvalue weighted by atomic mass is 9.93. The number of nitrogens with zero attached hydrogens (tertiary/aromatic N) is 1. The number of hydrogen-bond donors (Lipinski definition) is 1. The zero-order valence-electron chi connectivity index (χ0n) is 14.2. The predicted molar refractivity (Wildman–Crippen MR) is 93.5 cm³/mol. The van der Waals surface area contributed by atoms with Gasteiger partial charge < -0.3 is 19.5 Å². The van der Waals surface area contributed by atoms with E-state index in [0.29, 0.717) is 36.7 Å². The zero-order chi connectivity index (χ0) is 18.1. The Balaban J connectivity index is 1.66. The average molecular weight is 353 g/mol. The Morgan fingerprint density at radius 3 is 2.50 bits per heavy atom. The summed E-state index contributed by atoms with van der Waals surface area (Å²) in [5, 5.41) is 9.62. The van der Waals surface area contributed by atoms with Crippen LogP contribution in [-0.2, 0) is 17.8 Å². The molecule has 0 bridgehead atoms. The van der Waals surface area contributed by atoms with Crippen molar-refractivity contribution >= 4 is 11.9 Å². The molecule has 1 amide bonds. The molecular weight excluding hydrogens is 334 g/mol. The van der Waals surface area contributed by atoms with Crippen LogP contribution in [0.5, 0.6) is 11.5 Å². The highest BCUT2D eigenvalue weighted by Gasteiger charge is 2.35. The normalized spacial score (nSPS) is 18.6. The smallest absolute Gasteiger partial charge is 0.326 e. The number of ether oxygens (including phenoxy) is 2. The summed E-state index contributed by atoms with van der Waals surface area (Å²) in [6.07, 6.45) is 1.09. The number of amides is 1. The monoisotopic (exact) mass is 353 g/mol. The van der Waals surface area contributed by atoms with Gasteiger partial charge in [0, 0.05) is 24.9 Å². The minimum absolute atomic E-state index is 0.278. The SMILES string of the molecule is O=C(O)C1Cc2ccccc2CN1C(=O)c1ccc2c(c1)OCCCO2. The van der Waals surface area contributed by atoms with E-state index in [-0.39, 0.29) is 12.5 Å². The van der Waals surface area contributed by atoms with Gasteiger partial charge in [-0.05, 0) is 29.3 Å². The largest absolute Gasteiger partial charge is 0.490 e. The lowest BCUT2D eigenvalue weighted by molar-refractivity contribution is -0.142. The van der Waals surface area contributed by atoms with Crippen LogP contribution in [0.15, 0.2) is 42.5 Å². The third-order valence-electron chi connectivity index (χ3n) is 4.79. The first-order chi connectivity index (χ1) is 12.6. The van der Waals surface area contributed by atoms with Crippen LogP contribution in [0, 0.1) is 0 Å². The third-order valence-corrected chi connectivity index (χ3v) is 4.79. The van der Waals surface area contributed by atoms with Crippen molar-refractivity contribution in [2.24, 2.45) is 0 Å². The summed E-state index contributed by atoms with van der Waals surface area (Å²) in [4.78, 5) is 26.2. The zero-order valence-corrected chi connectivity index (χ0v) is 14.2. The molecule has 0 aromatic heterocycles. The number of benzene rings is 2. The maximum absolute atomic E-state index is 13.1. The Morgan fingerprint density at radius 1 is 1.00 bits per heavy atom. The summed E-state index contributed by atoms with van der Waals surface area (Å²) < 4.78 is 11.2. The standard InChI is InChI=1S/C20H19NO5/c22-19(14-6-7-17-18(11-14)26-9-3-8-25-17)21-12-15-5-2-1-4-13(15)10-16(21)20(23)24/h1-2,4-7,11,16H,3,8-10,12H2,(H,23,24). The number of fused-ring (bicyclic) bond motifs is 2. The molecule has 134 valence electrons. The molecule has 4 rings (SSSR count). The molecular formula is C20H19NO5. The van der Waals surface area contributed by atoms with Crippen LogP contribution in [0.25, 0.3) is 0 Å². The van der Waals surface area contributed by atoms with E-state index in [1.165, 1.54) is 4.90 Å². The van der Waals surface area contributed by atoms with Gasteiger partial charge in [0.2, 0.25) is 0 Å². The van der Waals surface area contributed by atoms with Crippen molar-refractivity contribution in [3.63, 3.8) is 0 Å². The molecule has 6 heteroatoms. The Morgan fingerprint density at radius 2 is 1.73 bits per heavy atom. The predicted octanol–water partition coefficient (Wildman–Crippen LogP) is 2.50.